The quantitative estimate of drug-likeness (QED) is 0.826. The minimum Gasteiger partial charge on any atom is -0.297 e. The predicted octanol–water partition coefficient (Wildman–Crippen LogP) is 1.91. The fraction of sp³-hybridized carbons (Fsp3) is 0.167. The molecule has 3 rings (SSSR count). The zero-order valence-corrected chi connectivity index (χ0v) is 8.80. The molecule has 4 nitrogen and oxygen atoms in total. The van der Waals surface area contributed by atoms with Gasteiger partial charge >= 0.3 is 0 Å². The van der Waals surface area contributed by atoms with E-state index in [-0.39, 0.29) is 0 Å². The lowest BCUT2D eigenvalue weighted by Crippen LogP contribution is -2.26. The molecule has 1 aromatic heterocycles. The number of aliphatic imine (C=N–C) groups is 1. The predicted molar refractivity (Wildman–Crippen MR) is 65.4 cm³/mol. The Kier molecular flexibility index (Phi) is 2.18. The van der Waals surface area contributed by atoms with Crippen molar-refractivity contribution in [3.05, 3.63) is 36.5 Å². The molecule has 0 spiro atoms. The number of anilines is 1. The molecule has 0 radical (unpaired) electrons. The van der Waals surface area contributed by atoms with Crippen LogP contribution < -0.4 is 5.43 Å². The zero-order valence-electron chi connectivity index (χ0n) is 8.80. The number of benzene rings is 1. The number of nitrogens with one attached hydrogen (secondary N) is 1. The first kappa shape index (κ1) is 9.15. The fourth-order valence-corrected chi connectivity index (χ4v) is 1.78. The summed E-state index contributed by atoms with van der Waals surface area (Å²) in [6.07, 6.45) is 3.63. The summed E-state index contributed by atoms with van der Waals surface area (Å²) in [5.41, 5.74) is 5.37. The van der Waals surface area contributed by atoms with Crippen LogP contribution >= 0.6 is 0 Å². The van der Waals surface area contributed by atoms with Crippen molar-refractivity contribution in [2.24, 2.45) is 4.99 Å². The Morgan fingerprint density at radius 3 is 3.12 bits per heavy atom. The highest BCUT2D eigenvalue weighted by Gasteiger charge is 2.05. The number of hydrogen-bond acceptors (Lipinski definition) is 4. The Hall–Kier alpha value is -2.10. The highest BCUT2D eigenvalue weighted by atomic mass is 15.5. The van der Waals surface area contributed by atoms with E-state index >= 15 is 0 Å². The Balaban J connectivity index is 1.89. The van der Waals surface area contributed by atoms with Crippen LogP contribution in [0.1, 0.15) is 0 Å². The number of nitrogens with zero attached hydrogens (tertiary/aromatic N) is 3. The van der Waals surface area contributed by atoms with Gasteiger partial charge in [-0.1, -0.05) is 6.07 Å². The van der Waals surface area contributed by atoms with Crippen molar-refractivity contribution >= 4 is 22.9 Å². The van der Waals surface area contributed by atoms with Crippen molar-refractivity contribution in [2.45, 2.75) is 0 Å². The van der Waals surface area contributed by atoms with Gasteiger partial charge in [-0.15, -0.1) is 0 Å². The Morgan fingerprint density at radius 2 is 2.25 bits per heavy atom. The number of rotatable bonds is 2. The topological polar surface area (TPSA) is 40.5 Å². The second-order valence-corrected chi connectivity index (χ2v) is 3.74. The SMILES string of the molecule is C1=NCCN1Nc1ccc2ncccc2c1. The standard InChI is InChI=1S/C12H12N4/c1-2-10-8-11(3-4-12(10)14-5-1)15-16-7-6-13-9-16/h1-5,8-9,15H,6-7H2. The van der Waals surface area contributed by atoms with Crippen LogP contribution in [0.2, 0.25) is 0 Å². The summed E-state index contributed by atoms with van der Waals surface area (Å²) < 4.78 is 0. The largest absolute Gasteiger partial charge is 0.297 e. The first-order valence-electron chi connectivity index (χ1n) is 5.30. The summed E-state index contributed by atoms with van der Waals surface area (Å²) in [6, 6.07) is 10.1. The van der Waals surface area contributed by atoms with Gasteiger partial charge < -0.3 is 0 Å². The van der Waals surface area contributed by atoms with Crippen LogP contribution in [0.5, 0.6) is 0 Å². The molecule has 1 aromatic carbocycles. The Labute approximate surface area is 93.6 Å². The Bertz CT molecular complexity index is 535. The van der Waals surface area contributed by atoms with Gasteiger partial charge in [0.2, 0.25) is 0 Å². The maximum Gasteiger partial charge on any atom is 0.104 e. The van der Waals surface area contributed by atoms with Gasteiger partial charge in [0, 0.05) is 11.6 Å². The smallest absolute Gasteiger partial charge is 0.104 e. The number of pyridine rings is 1. The summed E-state index contributed by atoms with van der Waals surface area (Å²) in [5, 5.41) is 3.13. The molecule has 4 heteroatoms. The molecule has 0 bridgehead atoms. The lowest BCUT2D eigenvalue weighted by Gasteiger charge is -2.16. The summed E-state index contributed by atoms with van der Waals surface area (Å²) in [4.78, 5) is 8.44. The summed E-state index contributed by atoms with van der Waals surface area (Å²) in [5.74, 6) is 0. The van der Waals surface area contributed by atoms with E-state index in [1.54, 1.807) is 0 Å². The normalized spacial score (nSPS) is 14.6. The van der Waals surface area contributed by atoms with Crippen molar-refractivity contribution in [3.63, 3.8) is 0 Å². The van der Waals surface area contributed by atoms with Gasteiger partial charge in [-0.2, -0.15) is 0 Å². The lowest BCUT2D eigenvalue weighted by molar-refractivity contribution is 0.558. The van der Waals surface area contributed by atoms with Crippen LogP contribution in [0.3, 0.4) is 0 Å². The van der Waals surface area contributed by atoms with Gasteiger partial charge in [-0.25, -0.2) is 0 Å². The van der Waals surface area contributed by atoms with Crippen molar-refractivity contribution < 1.29 is 0 Å². The molecule has 0 saturated carbocycles. The maximum atomic E-state index is 4.29. The van der Waals surface area contributed by atoms with Crippen molar-refractivity contribution in [2.75, 3.05) is 18.5 Å². The van der Waals surface area contributed by atoms with E-state index in [2.05, 4.69) is 27.5 Å². The molecule has 1 aliphatic rings. The molecule has 2 heterocycles. The van der Waals surface area contributed by atoms with Gasteiger partial charge in [0.25, 0.3) is 0 Å². The van der Waals surface area contributed by atoms with Gasteiger partial charge in [0.05, 0.1) is 24.3 Å². The molecule has 0 unspecified atom stereocenters. The molecule has 2 aromatic rings. The summed E-state index contributed by atoms with van der Waals surface area (Å²) >= 11 is 0. The van der Waals surface area contributed by atoms with E-state index < -0.39 is 0 Å². The van der Waals surface area contributed by atoms with Gasteiger partial charge in [0.15, 0.2) is 0 Å². The number of aromatic nitrogens is 1. The molecule has 0 fully saturated rings. The van der Waals surface area contributed by atoms with Gasteiger partial charge in [-0.3, -0.25) is 20.4 Å². The molecule has 0 saturated heterocycles. The number of hydrogen-bond donors (Lipinski definition) is 1. The van der Waals surface area contributed by atoms with Crippen LogP contribution in [-0.2, 0) is 0 Å². The molecule has 80 valence electrons. The zero-order chi connectivity index (χ0) is 10.8. The Morgan fingerprint density at radius 1 is 1.25 bits per heavy atom. The van der Waals surface area contributed by atoms with E-state index in [0.717, 1.165) is 29.7 Å². The van der Waals surface area contributed by atoms with Crippen LogP contribution in [0, 0.1) is 0 Å². The monoisotopic (exact) mass is 212 g/mol. The van der Waals surface area contributed by atoms with Crippen molar-refractivity contribution in [1.82, 2.24) is 9.99 Å². The van der Waals surface area contributed by atoms with Crippen LogP contribution in [0.15, 0.2) is 41.5 Å². The highest BCUT2D eigenvalue weighted by molar-refractivity contribution is 5.82. The van der Waals surface area contributed by atoms with Gasteiger partial charge in [0.1, 0.15) is 6.34 Å². The van der Waals surface area contributed by atoms with Crippen molar-refractivity contribution in [3.8, 4) is 0 Å². The minimum absolute atomic E-state index is 0.863. The molecule has 0 aliphatic carbocycles. The van der Waals surface area contributed by atoms with Crippen molar-refractivity contribution in [1.29, 1.82) is 0 Å². The molecule has 1 aliphatic heterocycles. The second-order valence-electron chi connectivity index (χ2n) is 3.74. The fourth-order valence-electron chi connectivity index (χ4n) is 1.78. The average molecular weight is 212 g/mol. The minimum atomic E-state index is 0.863. The lowest BCUT2D eigenvalue weighted by atomic mass is 10.2. The third-order valence-corrected chi connectivity index (χ3v) is 2.57. The summed E-state index contributed by atoms with van der Waals surface area (Å²) in [6.45, 7) is 1.78. The van der Waals surface area contributed by atoms with E-state index in [4.69, 9.17) is 0 Å². The van der Waals surface area contributed by atoms with E-state index in [1.807, 2.05) is 35.7 Å². The first-order chi connectivity index (χ1) is 7.92. The second kappa shape index (κ2) is 3.81. The van der Waals surface area contributed by atoms with Gasteiger partial charge in [-0.05, 0) is 24.3 Å². The van der Waals surface area contributed by atoms with Crippen LogP contribution in [0.4, 0.5) is 5.69 Å². The number of fused-ring (bicyclic) bond motifs is 1. The molecular weight excluding hydrogens is 200 g/mol. The van der Waals surface area contributed by atoms with Crippen LogP contribution in [0.25, 0.3) is 10.9 Å². The van der Waals surface area contributed by atoms with E-state index in [1.165, 1.54) is 0 Å². The molecule has 0 amide bonds. The molecular formula is C12H12N4. The highest BCUT2D eigenvalue weighted by Crippen LogP contribution is 2.17. The van der Waals surface area contributed by atoms with Crippen LogP contribution in [-0.4, -0.2) is 29.4 Å². The molecule has 0 atom stereocenters. The third-order valence-electron chi connectivity index (χ3n) is 2.57. The average Bonchev–Trinajstić information content (AvgIpc) is 2.82. The first-order valence-corrected chi connectivity index (χ1v) is 5.30. The maximum absolute atomic E-state index is 4.29. The summed E-state index contributed by atoms with van der Waals surface area (Å²) in [7, 11) is 0. The molecule has 1 N–H and O–H groups in total. The third kappa shape index (κ3) is 1.69. The molecule has 16 heavy (non-hydrogen) atoms. The van der Waals surface area contributed by atoms with E-state index in [0.29, 0.717) is 0 Å². The number of hydrazine groups is 1. The van der Waals surface area contributed by atoms with E-state index in [9.17, 15) is 0 Å².